The van der Waals surface area contributed by atoms with E-state index in [4.69, 9.17) is 0 Å². The minimum atomic E-state index is -0.0904. The zero-order valence-electron chi connectivity index (χ0n) is 9.41. The van der Waals surface area contributed by atoms with E-state index in [1.807, 2.05) is 12.1 Å². The fraction of sp³-hybridized carbons (Fsp3) is 0.538. The van der Waals surface area contributed by atoms with Gasteiger partial charge in [0.25, 0.3) is 0 Å². The third kappa shape index (κ3) is 2.57. The molecule has 0 spiro atoms. The van der Waals surface area contributed by atoms with Crippen LogP contribution in [0, 0.1) is 11.7 Å². The smallest absolute Gasteiger partial charge is 0.127 e. The Morgan fingerprint density at radius 1 is 1.40 bits per heavy atom. The van der Waals surface area contributed by atoms with E-state index in [9.17, 15) is 4.39 Å². The van der Waals surface area contributed by atoms with Gasteiger partial charge in [-0.3, -0.25) is 4.90 Å². The normalized spacial score (nSPS) is 18.1. The summed E-state index contributed by atoms with van der Waals surface area (Å²) in [6.07, 6.45) is 2.67. The summed E-state index contributed by atoms with van der Waals surface area (Å²) < 4.78 is 13.4. The van der Waals surface area contributed by atoms with Crippen LogP contribution in [0.15, 0.2) is 24.3 Å². The molecule has 1 aromatic rings. The van der Waals surface area contributed by atoms with Crippen LogP contribution in [0.1, 0.15) is 25.3 Å². The molecule has 1 aliphatic carbocycles. The van der Waals surface area contributed by atoms with Gasteiger partial charge in [-0.25, -0.2) is 4.39 Å². The highest BCUT2D eigenvalue weighted by molar-refractivity contribution is 5.17. The Hall–Kier alpha value is -0.890. The molecule has 1 atom stereocenters. The van der Waals surface area contributed by atoms with E-state index in [-0.39, 0.29) is 5.82 Å². The van der Waals surface area contributed by atoms with Gasteiger partial charge in [0.05, 0.1) is 0 Å². The molecular weight excluding hydrogens is 189 g/mol. The van der Waals surface area contributed by atoms with E-state index in [1.165, 1.54) is 18.9 Å². The molecule has 15 heavy (non-hydrogen) atoms. The minimum absolute atomic E-state index is 0.0904. The molecule has 1 nitrogen and oxygen atoms in total. The number of benzene rings is 1. The second kappa shape index (κ2) is 4.31. The van der Waals surface area contributed by atoms with Crippen molar-refractivity contribution in [1.29, 1.82) is 0 Å². The van der Waals surface area contributed by atoms with Crippen molar-refractivity contribution in [2.24, 2.45) is 5.92 Å². The van der Waals surface area contributed by atoms with Gasteiger partial charge in [0.1, 0.15) is 5.82 Å². The van der Waals surface area contributed by atoms with Crippen LogP contribution in [0.3, 0.4) is 0 Å². The molecule has 1 saturated carbocycles. The van der Waals surface area contributed by atoms with Crippen molar-refractivity contribution in [3.05, 3.63) is 35.6 Å². The van der Waals surface area contributed by atoms with E-state index in [1.54, 1.807) is 6.07 Å². The van der Waals surface area contributed by atoms with Gasteiger partial charge in [0.2, 0.25) is 0 Å². The topological polar surface area (TPSA) is 3.24 Å². The Bertz CT molecular complexity index is 333. The molecule has 82 valence electrons. The molecule has 1 aromatic carbocycles. The third-order valence-corrected chi connectivity index (χ3v) is 3.38. The standard InChI is InChI=1S/C13H18FN/c1-10(11-7-8-11)15(2)9-12-5-3-4-6-13(12)14/h3-6,10-11H,7-9H2,1-2H3. The molecular formula is C13H18FN. The molecule has 1 unspecified atom stereocenters. The van der Waals surface area contributed by atoms with Crippen LogP contribution in [-0.2, 0) is 6.54 Å². The maximum absolute atomic E-state index is 13.4. The maximum Gasteiger partial charge on any atom is 0.127 e. The summed E-state index contributed by atoms with van der Waals surface area (Å²) in [6.45, 7) is 2.95. The molecule has 0 saturated heterocycles. The highest BCUT2D eigenvalue weighted by atomic mass is 19.1. The van der Waals surface area contributed by atoms with Gasteiger partial charge in [0.15, 0.2) is 0 Å². The van der Waals surface area contributed by atoms with Crippen molar-refractivity contribution in [3.63, 3.8) is 0 Å². The Morgan fingerprint density at radius 3 is 2.67 bits per heavy atom. The summed E-state index contributed by atoms with van der Waals surface area (Å²) in [7, 11) is 2.08. The Morgan fingerprint density at radius 2 is 2.07 bits per heavy atom. The average molecular weight is 207 g/mol. The predicted octanol–water partition coefficient (Wildman–Crippen LogP) is 3.06. The number of nitrogens with zero attached hydrogens (tertiary/aromatic N) is 1. The van der Waals surface area contributed by atoms with Gasteiger partial charge < -0.3 is 0 Å². The number of rotatable bonds is 4. The van der Waals surface area contributed by atoms with Gasteiger partial charge >= 0.3 is 0 Å². The molecule has 0 N–H and O–H groups in total. The van der Waals surface area contributed by atoms with Crippen LogP contribution in [0.4, 0.5) is 4.39 Å². The van der Waals surface area contributed by atoms with Crippen LogP contribution in [-0.4, -0.2) is 18.0 Å². The highest BCUT2D eigenvalue weighted by Crippen LogP contribution is 2.35. The molecule has 2 rings (SSSR count). The van der Waals surface area contributed by atoms with E-state index in [2.05, 4.69) is 18.9 Å². The number of hydrogen-bond acceptors (Lipinski definition) is 1. The summed E-state index contributed by atoms with van der Waals surface area (Å²) >= 11 is 0. The van der Waals surface area contributed by atoms with E-state index < -0.39 is 0 Å². The lowest BCUT2D eigenvalue weighted by atomic mass is 10.1. The van der Waals surface area contributed by atoms with Crippen molar-refractivity contribution >= 4 is 0 Å². The van der Waals surface area contributed by atoms with Crippen molar-refractivity contribution in [1.82, 2.24) is 4.90 Å². The Balaban J connectivity index is 1.98. The lowest BCUT2D eigenvalue weighted by molar-refractivity contribution is 0.224. The molecule has 0 amide bonds. The van der Waals surface area contributed by atoms with Gasteiger partial charge in [-0.15, -0.1) is 0 Å². The van der Waals surface area contributed by atoms with Crippen molar-refractivity contribution in [3.8, 4) is 0 Å². The largest absolute Gasteiger partial charge is 0.299 e. The second-order valence-corrected chi connectivity index (χ2v) is 4.58. The molecule has 1 aliphatic rings. The SMILES string of the molecule is CC(C1CC1)N(C)Cc1ccccc1F. The highest BCUT2D eigenvalue weighted by Gasteiger charge is 2.30. The van der Waals surface area contributed by atoms with E-state index in [0.717, 1.165) is 11.5 Å². The lowest BCUT2D eigenvalue weighted by Gasteiger charge is -2.24. The summed E-state index contributed by atoms with van der Waals surface area (Å²) in [5.41, 5.74) is 0.799. The number of hydrogen-bond donors (Lipinski definition) is 0. The average Bonchev–Trinajstić information content (AvgIpc) is 3.04. The molecule has 1 fully saturated rings. The molecule has 0 aliphatic heterocycles. The molecule has 0 heterocycles. The zero-order chi connectivity index (χ0) is 10.8. The molecule has 2 heteroatoms. The lowest BCUT2D eigenvalue weighted by Crippen LogP contribution is -2.30. The summed E-state index contributed by atoms with van der Waals surface area (Å²) in [5.74, 6) is 0.745. The first-order valence-electron chi connectivity index (χ1n) is 5.62. The number of halogens is 1. The van der Waals surface area contributed by atoms with Crippen LogP contribution in [0.5, 0.6) is 0 Å². The van der Waals surface area contributed by atoms with Crippen LogP contribution < -0.4 is 0 Å². The minimum Gasteiger partial charge on any atom is -0.299 e. The third-order valence-electron chi connectivity index (χ3n) is 3.38. The summed E-state index contributed by atoms with van der Waals surface area (Å²) in [6, 6.07) is 7.61. The molecule has 0 aromatic heterocycles. The van der Waals surface area contributed by atoms with Crippen LogP contribution >= 0.6 is 0 Å². The van der Waals surface area contributed by atoms with Crippen LogP contribution in [0.2, 0.25) is 0 Å². The first-order chi connectivity index (χ1) is 7.18. The quantitative estimate of drug-likeness (QED) is 0.733. The molecule has 0 bridgehead atoms. The predicted molar refractivity (Wildman–Crippen MR) is 60.1 cm³/mol. The molecule has 0 radical (unpaired) electrons. The van der Waals surface area contributed by atoms with Gasteiger partial charge in [-0.1, -0.05) is 18.2 Å². The monoisotopic (exact) mass is 207 g/mol. The Labute approximate surface area is 90.9 Å². The fourth-order valence-electron chi connectivity index (χ4n) is 1.98. The van der Waals surface area contributed by atoms with Crippen molar-refractivity contribution in [2.75, 3.05) is 7.05 Å². The first kappa shape index (κ1) is 10.6. The van der Waals surface area contributed by atoms with Crippen LogP contribution in [0.25, 0.3) is 0 Å². The van der Waals surface area contributed by atoms with E-state index in [0.29, 0.717) is 12.6 Å². The fourth-order valence-corrected chi connectivity index (χ4v) is 1.98. The van der Waals surface area contributed by atoms with E-state index >= 15 is 0 Å². The second-order valence-electron chi connectivity index (χ2n) is 4.58. The van der Waals surface area contributed by atoms with Gasteiger partial charge in [0, 0.05) is 18.2 Å². The Kier molecular flexibility index (Phi) is 3.06. The van der Waals surface area contributed by atoms with Gasteiger partial charge in [-0.05, 0) is 38.8 Å². The summed E-state index contributed by atoms with van der Waals surface area (Å²) in [4.78, 5) is 2.25. The summed E-state index contributed by atoms with van der Waals surface area (Å²) in [5, 5.41) is 0. The van der Waals surface area contributed by atoms with Crippen molar-refractivity contribution < 1.29 is 4.39 Å². The van der Waals surface area contributed by atoms with Crippen molar-refractivity contribution in [2.45, 2.75) is 32.4 Å². The van der Waals surface area contributed by atoms with Gasteiger partial charge in [-0.2, -0.15) is 0 Å². The zero-order valence-corrected chi connectivity index (χ0v) is 9.41. The maximum atomic E-state index is 13.4. The first-order valence-corrected chi connectivity index (χ1v) is 5.62.